The summed E-state index contributed by atoms with van der Waals surface area (Å²) in [6, 6.07) is -0.749. The van der Waals surface area contributed by atoms with Crippen LogP contribution >= 0.6 is 0 Å². The van der Waals surface area contributed by atoms with Gasteiger partial charge in [-0.1, -0.05) is 0 Å². The fourth-order valence-corrected chi connectivity index (χ4v) is 3.11. The number of aromatic nitrogens is 4. The van der Waals surface area contributed by atoms with E-state index in [0.29, 0.717) is 11.2 Å². The Hall–Kier alpha value is -1.86. The highest BCUT2D eigenvalue weighted by molar-refractivity contribution is 7.80. The number of nitrogens with two attached hydrogens (primary N) is 1. The summed E-state index contributed by atoms with van der Waals surface area (Å²) >= 11 is 0. The third kappa shape index (κ3) is 2.50. The van der Waals surface area contributed by atoms with E-state index in [1.54, 1.807) is 0 Å². The SMILES string of the molecule is Nc1ncnc2c1ncn2[C@@H]1C[C@@H](OS(=O)(=O)O)[C@@H](O)[C@H]1O. The Balaban J connectivity index is 1.96. The maximum absolute atomic E-state index is 10.8. The Bertz CT molecular complexity index is 807. The van der Waals surface area contributed by atoms with E-state index in [2.05, 4.69) is 19.1 Å². The first-order valence-electron chi connectivity index (χ1n) is 6.23. The summed E-state index contributed by atoms with van der Waals surface area (Å²) in [6.45, 7) is 0. The van der Waals surface area contributed by atoms with Gasteiger partial charge in [-0.2, -0.15) is 8.42 Å². The molecular formula is C10H13N5O6S. The minimum absolute atomic E-state index is 0.0719. The fourth-order valence-electron chi connectivity index (χ4n) is 2.61. The molecule has 0 aliphatic heterocycles. The molecule has 0 saturated heterocycles. The van der Waals surface area contributed by atoms with Gasteiger partial charge in [0.2, 0.25) is 0 Å². The topological polar surface area (TPSA) is 174 Å². The lowest BCUT2D eigenvalue weighted by Gasteiger charge is -2.17. The summed E-state index contributed by atoms with van der Waals surface area (Å²) in [5.74, 6) is 0.155. The summed E-state index contributed by atoms with van der Waals surface area (Å²) in [6.07, 6.45) is -1.61. The van der Waals surface area contributed by atoms with E-state index >= 15 is 0 Å². The van der Waals surface area contributed by atoms with Crippen molar-refractivity contribution in [1.29, 1.82) is 0 Å². The summed E-state index contributed by atoms with van der Waals surface area (Å²) in [5.41, 5.74) is 6.32. The van der Waals surface area contributed by atoms with Crippen molar-refractivity contribution in [2.24, 2.45) is 0 Å². The van der Waals surface area contributed by atoms with Crippen molar-refractivity contribution in [1.82, 2.24) is 19.5 Å². The van der Waals surface area contributed by atoms with Crippen LogP contribution in [0.3, 0.4) is 0 Å². The second-order valence-electron chi connectivity index (χ2n) is 4.93. The van der Waals surface area contributed by atoms with E-state index in [1.807, 2.05) is 0 Å². The lowest BCUT2D eigenvalue weighted by Crippen LogP contribution is -2.33. The Morgan fingerprint density at radius 1 is 1.27 bits per heavy atom. The van der Waals surface area contributed by atoms with Gasteiger partial charge in [0.05, 0.1) is 12.4 Å². The molecule has 0 spiro atoms. The molecule has 12 heteroatoms. The summed E-state index contributed by atoms with van der Waals surface area (Å²) in [5, 5.41) is 20.0. The number of nitrogen functional groups attached to an aromatic ring is 1. The van der Waals surface area contributed by atoms with Gasteiger partial charge in [-0.15, -0.1) is 0 Å². The highest BCUT2D eigenvalue weighted by atomic mass is 32.3. The molecule has 2 aromatic rings. The van der Waals surface area contributed by atoms with Gasteiger partial charge in [0, 0.05) is 6.42 Å². The van der Waals surface area contributed by atoms with Crippen LogP contribution in [0.15, 0.2) is 12.7 Å². The monoisotopic (exact) mass is 331 g/mol. The van der Waals surface area contributed by atoms with Crippen molar-refractivity contribution in [2.75, 3.05) is 5.73 Å². The molecule has 1 fully saturated rings. The first-order valence-corrected chi connectivity index (χ1v) is 7.59. The van der Waals surface area contributed by atoms with Crippen LogP contribution in [0.4, 0.5) is 5.82 Å². The molecule has 0 amide bonds. The number of aliphatic hydroxyl groups is 2. The van der Waals surface area contributed by atoms with Crippen molar-refractivity contribution in [2.45, 2.75) is 30.8 Å². The Morgan fingerprint density at radius 2 is 2.00 bits per heavy atom. The molecule has 120 valence electrons. The van der Waals surface area contributed by atoms with Crippen molar-refractivity contribution in [3.8, 4) is 0 Å². The minimum Gasteiger partial charge on any atom is -0.388 e. The van der Waals surface area contributed by atoms with Crippen molar-refractivity contribution in [3.05, 3.63) is 12.7 Å². The van der Waals surface area contributed by atoms with Crippen LogP contribution in [0.1, 0.15) is 12.5 Å². The lowest BCUT2D eigenvalue weighted by atomic mass is 10.2. The third-order valence-corrected chi connectivity index (χ3v) is 4.08. The first-order chi connectivity index (χ1) is 10.3. The smallest absolute Gasteiger partial charge is 0.388 e. The summed E-state index contributed by atoms with van der Waals surface area (Å²) in [7, 11) is -4.75. The van der Waals surface area contributed by atoms with Gasteiger partial charge in [0.1, 0.15) is 30.2 Å². The van der Waals surface area contributed by atoms with Crippen molar-refractivity contribution in [3.63, 3.8) is 0 Å². The Morgan fingerprint density at radius 3 is 2.68 bits per heavy atom. The van der Waals surface area contributed by atoms with E-state index in [0.717, 1.165) is 0 Å². The molecule has 2 aromatic heterocycles. The predicted molar refractivity (Wildman–Crippen MR) is 71.8 cm³/mol. The van der Waals surface area contributed by atoms with E-state index in [-0.39, 0.29) is 12.2 Å². The number of hydrogen-bond donors (Lipinski definition) is 4. The number of anilines is 1. The van der Waals surface area contributed by atoms with Gasteiger partial charge in [-0.3, -0.25) is 4.55 Å². The molecule has 0 unspecified atom stereocenters. The number of aliphatic hydroxyl groups excluding tert-OH is 2. The van der Waals surface area contributed by atoms with Gasteiger partial charge in [0.15, 0.2) is 11.5 Å². The molecule has 2 heterocycles. The predicted octanol–water partition coefficient (Wildman–Crippen LogP) is -1.74. The van der Waals surface area contributed by atoms with E-state index in [4.69, 9.17) is 10.3 Å². The average molecular weight is 331 g/mol. The zero-order valence-electron chi connectivity index (χ0n) is 11.0. The fraction of sp³-hybridized carbons (Fsp3) is 0.500. The van der Waals surface area contributed by atoms with Crippen LogP contribution in [0, 0.1) is 0 Å². The van der Waals surface area contributed by atoms with E-state index in [9.17, 15) is 18.6 Å². The van der Waals surface area contributed by atoms with Crippen molar-refractivity contribution < 1.29 is 27.4 Å². The van der Waals surface area contributed by atoms with Gasteiger partial charge in [0.25, 0.3) is 0 Å². The van der Waals surface area contributed by atoms with Crippen LogP contribution in [0.25, 0.3) is 11.2 Å². The Kier molecular flexibility index (Phi) is 3.49. The summed E-state index contributed by atoms with van der Waals surface area (Å²) < 4.78 is 36.1. The highest BCUT2D eigenvalue weighted by Crippen LogP contribution is 2.35. The molecule has 1 aliphatic carbocycles. The lowest BCUT2D eigenvalue weighted by molar-refractivity contribution is -0.0173. The van der Waals surface area contributed by atoms with E-state index < -0.39 is 34.8 Å². The highest BCUT2D eigenvalue weighted by Gasteiger charge is 2.45. The molecule has 3 rings (SSSR count). The molecular weight excluding hydrogens is 318 g/mol. The average Bonchev–Trinajstić information content (AvgIpc) is 2.95. The Labute approximate surface area is 124 Å². The second-order valence-corrected chi connectivity index (χ2v) is 5.98. The second kappa shape index (κ2) is 5.10. The number of nitrogens with zero attached hydrogens (tertiary/aromatic N) is 4. The minimum atomic E-state index is -4.75. The normalized spacial score (nSPS) is 29.2. The molecule has 0 radical (unpaired) electrons. The quantitative estimate of drug-likeness (QED) is 0.473. The number of hydrogen-bond acceptors (Lipinski definition) is 9. The zero-order chi connectivity index (χ0) is 16.1. The standard InChI is InChI=1S/C10H13N5O6S/c11-9-6-10(13-2-12-9)15(3-14-6)4-1-5(8(17)7(4)16)21-22(18,19)20/h2-5,7-8,16-17H,1H2,(H2,11,12,13)(H,18,19,20)/t4-,5-,7+,8-/m1/s1. The van der Waals surface area contributed by atoms with Crippen molar-refractivity contribution >= 4 is 27.4 Å². The number of rotatable bonds is 3. The van der Waals surface area contributed by atoms with Crippen LogP contribution < -0.4 is 5.73 Å². The number of fused-ring (bicyclic) bond motifs is 1. The van der Waals surface area contributed by atoms with Gasteiger partial charge in [-0.25, -0.2) is 19.1 Å². The molecule has 1 aliphatic rings. The van der Waals surface area contributed by atoms with Gasteiger partial charge >= 0.3 is 10.4 Å². The molecule has 22 heavy (non-hydrogen) atoms. The largest absolute Gasteiger partial charge is 0.397 e. The third-order valence-electron chi connectivity index (χ3n) is 3.59. The molecule has 4 atom stereocenters. The number of imidazole rings is 1. The molecule has 1 saturated carbocycles. The van der Waals surface area contributed by atoms with Crippen LogP contribution in [0.2, 0.25) is 0 Å². The molecule has 0 bridgehead atoms. The summed E-state index contributed by atoms with van der Waals surface area (Å²) in [4.78, 5) is 11.8. The van der Waals surface area contributed by atoms with Gasteiger partial charge < -0.3 is 20.5 Å². The van der Waals surface area contributed by atoms with Gasteiger partial charge in [-0.05, 0) is 0 Å². The first kappa shape index (κ1) is 15.1. The van der Waals surface area contributed by atoms with E-state index in [1.165, 1.54) is 17.2 Å². The maximum Gasteiger partial charge on any atom is 0.397 e. The molecule has 11 nitrogen and oxygen atoms in total. The zero-order valence-corrected chi connectivity index (χ0v) is 11.8. The maximum atomic E-state index is 10.8. The van der Waals surface area contributed by atoms with Crippen LogP contribution in [-0.2, 0) is 14.6 Å². The molecule has 0 aromatic carbocycles. The van der Waals surface area contributed by atoms with Crippen LogP contribution in [-0.4, -0.2) is 61.0 Å². The molecule has 5 N–H and O–H groups in total. The van der Waals surface area contributed by atoms with Crippen LogP contribution in [0.5, 0.6) is 0 Å².